The molecule has 17 heavy (non-hydrogen) atoms. The second-order valence-corrected chi connectivity index (χ2v) is 5.55. The Morgan fingerprint density at radius 2 is 1.94 bits per heavy atom. The maximum Gasteiger partial charge on any atom is 0.229 e. The number of thiocarbonyl (C=S) groups is 1. The first-order chi connectivity index (χ1) is 8.16. The van der Waals surface area contributed by atoms with Gasteiger partial charge in [0.2, 0.25) is 5.91 Å². The van der Waals surface area contributed by atoms with E-state index in [1.807, 2.05) is 4.90 Å². The summed E-state index contributed by atoms with van der Waals surface area (Å²) in [6.07, 6.45) is 5.28. The molecular formula is C12H21N3OS. The highest BCUT2D eigenvalue weighted by Crippen LogP contribution is 2.20. The van der Waals surface area contributed by atoms with Crippen LogP contribution in [0.4, 0.5) is 0 Å². The summed E-state index contributed by atoms with van der Waals surface area (Å²) >= 11 is 4.78. The molecule has 96 valence electrons. The second-order valence-electron chi connectivity index (χ2n) is 5.02. The number of carbonyl (C=O) groups excluding carboxylic acids is 1. The molecule has 0 aliphatic carbocycles. The van der Waals surface area contributed by atoms with Crippen LogP contribution in [0.2, 0.25) is 0 Å². The Hall–Kier alpha value is -0.680. The molecule has 2 aliphatic heterocycles. The van der Waals surface area contributed by atoms with E-state index < -0.39 is 0 Å². The molecule has 2 rings (SSSR count). The van der Waals surface area contributed by atoms with E-state index in [1.54, 1.807) is 0 Å². The molecule has 0 aromatic carbocycles. The number of amides is 1. The molecule has 0 radical (unpaired) electrons. The van der Waals surface area contributed by atoms with Crippen LogP contribution < -0.4 is 5.73 Å². The van der Waals surface area contributed by atoms with Gasteiger partial charge in [-0.25, -0.2) is 0 Å². The normalized spacial score (nSPS) is 26.1. The van der Waals surface area contributed by atoms with E-state index >= 15 is 0 Å². The maximum absolute atomic E-state index is 11.8. The standard InChI is InChI=1S/C12H21N3OS/c13-11(17)8-12(16)15-7-4-10(9-15)14-5-2-1-3-6-14/h10H,1-9H2,(H2,13,17). The van der Waals surface area contributed by atoms with Crippen molar-refractivity contribution in [3.8, 4) is 0 Å². The van der Waals surface area contributed by atoms with Gasteiger partial charge in [0, 0.05) is 19.1 Å². The number of piperidine rings is 1. The summed E-state index contributed by atoms with van der Waals surface area (Å²) < 4.78 is 0. The van der Waals surface area contributed by atoms with Crippen LogP contribution in [0.5, 0.6) is 0 Å². The molecule has 0 bridgehead atoms. The van der Waals surface area contributed by atoms with E-state index in [9.17, 15) is 4.79 Å². The average Bonchev–Trinajstić information content (AvgIpc) is 2.78. The number of hydrogen-bond donors (Lipinski definition) is 1. The summed E-state index contributed by atoms with van der Waals surface area (Å²) in [5.41, 5.74) is 5.41. The summed E-state index contributed by atoms with van der Waals surface area (Å²) in [4.78, 5) is 16.6. The van der Waals surface area contributed by atoms with Gasteiger partial charge in [0.05, 0.1) is 11.4 Å². The molecule has 1 amide bonds. The Kier molecular flexibility index (Phi) is 4.34. The summed E-state index contributed by atoms with van der Waals surface area (Å²) in [5.74, 6) is 0.0945. The molecule has 5 heteroatoms. The molecule has 2 saturated heterocycles. The molecule has 2 aliphatic rings. The van der Waals surface area contributed by atoms with Gasteiger partial charge in [-0.15, -0.1) is 0 Å². The number of nitrogens with two attached hydrogens (primary N) is 1. The minimum absolute atomic E-state index is 0.0945. The van der Waals surface area contributed by atoms with E-state index in [-0.39, 0.29) is 12.3 Å². The molecule has 1 unspecified atom stereocenters. The minimum Gasteiger partial charge on any atom is -0.393 e. The lowest BCUT2D eigenvalue weighted by atomic mass is 10.1. The molecular weight excluding hydrogens is 234 g/mol. The summed E-state index contributed by atoms with van der Waals surface area (Å²) in [7, 11) is 0. The molecule has 4 nitrogen and oxygen atoms in total. The molecule has 0 spiro atoms. The smallest absolute Gasteiger partial charge is 0.229 e. The van der Waals surface area contributed by atoms with Crippen molar-refractivity contribution in [1.82, 2.24) is 9.80 Å². The van der Waals surface area contributed by atoms with Crippen LogP contribution in [0.25, 0.3) is 0 Å². The highest BCUT2D eigenvalue weighted by atomic mass is 32.1. The SMILES string of the molecule is NC(=S)CC(=O)N1CCC(N2CCCCC2)C1. The van der Waals surface area contributed by atoms with Crippen molar-refractivity contribution in [2.45, 2.75) is 38.1 Å². The number of hydrogen-bond acceptors (Lipinski definition) is 3. The first-order valence-electron chi connectivity index (χ1n) is 6.47. The predicted molar refractivity (Wildman–Crippen MR) is 71.8 cm³/mol. The van der Waals surface area contributed by atoms with Gasteiger partial charge >= 0.3 is 0 Å². The molecule has 2 heterocycles. The molecule has 1 atom stereocenters. The quantitative estimate of drug-likeness (QED) is 0.756. The van der Waals surface area contributed by atoms with Crippen LogP contribution in [0.1, 0.15) is 32.1 Å². The van der Waals surface area contributed by atoms with Gasteiger partial charge in [-0.05, 0) is 32.4 Å². The molecule has 2 N–H and O–H groups in total. The van der Waals surface area contributed by atoms with E-state index in [0.29, 0.717) is 11.0 Å². The lowest BCUT2D eigenvalue weighted by Crippen LogP contribution is -2.42. The van der Waals surface area contributed by atoms with Crippen LogP contribution in [-0.2, 0) is 4.79 Å². The van der Waals surface area contributed by atoms with Crippen LogP contribution in [0.15, 0.2) is 0 Å². The lowest BCUT2D eigenvalue weighted by Gasteiger charge is -2.32. The Morgan fingerprint density at radius 1 is 1.24 bits per heavy atom. The van der Waals surface area contributed by atoms with E-state index in [2.05, 4.69) is 4.90 Å². The largest absolute Gasteiger partial charge is 0.393 e. The van der Waals surface area contributed by atoms with Crippen molar-refractivity contribution in [2.75, 3.05) is 26.2 Å². The lowest BCUT2D eigenvalue weighted by molar-refractivity contribution is -0.129. The van der Waals surface area contributed by atoms with Crippen molar-refractivity contribution < 1.29 is 4.79 Å². The highest BCUT2D eigenvalue weighted by molar-refractivity contribution is 7.80. The van der Waals surface area contributed by atoms with Crippen LogP contribution in [-0.4, -0.2) is 52.9 Å². The Labute approximate surface area is 108 Å². The fourth-order valence-electron chi connectivity index (χ4n) is 2.81. The first kappa shape index (κ1) is 12.8. The molecule has 2 fully saturated rings. The fourth-order valence-corrected chi connectivity index (χ4v) is 2.93. The van der Waals surface area contributed by atoms with Crippen molar-refractivity contribution in [2.24, 2.45) is 5.73 Å². The maximum atomic E-state index is 11.8. The zero-order valence-electron chi connectivity index (χ0n) is 10.2. The van der Waals surface area contributed by atoms with Gasteiger partial charge in [0.25, 0.3) is 0 Å². The minimum atomic E-state index is 0.0945. The van der Waals surface area contributed by atoms with Crippen molar-refractivity contribution in [1.29, 1.82) is 0 Å². The zero-order chi connectivity index (χ0) is 12.3. The van der Waals surface area contributed by atoms with Gasteiger partial charge in [-0.1, -0.05) is 18.6 Å². The Bertz CT molecular complexity index is 302. The zero-order valence-corrected chi connectivity index (χ0v) is 11.0. The topological polar surface area (TPSA) is 49.6 Å². The third-order valence-corrected chi connectivity index (χ3v) is 3.89. The Balaban J connectivity index is 1.82. The number of carbonyl (C=O) groups is 1. The first-order valence-corrected chi connectivity index (χ1v) is 6.88. The van der Waals surface area contributed by atoms with Gasteiger partial charge in [0.1, 0.15) is 0 Å². The van der Waals surface area contributed by atoms with E-state index in [0.717, 1.165) is 19.5 Å². The number of nitrogens with zero attached hydrogens (tertiary/aromatic N) is 2. The van der Waals surface area contributed by atoms with Crippen LogP contribution in [0.3, 0.4) is 0 Å². The predicted octanol–water partition coefficient (Wildman–Crippen LogP) is 0.749. The fraction of sp³-hybridized carbons (Fsp3) is 0.833. The molecule has 0 aromatic rings. The Morgan fingerprint density at radius 3 is 2.59 bits per heavy atom. The van der Waals surface area contributed by atoms with Crippen molar-refractivity contribution in [3.63, 3.8) is 0 Å². The van der Waals surface area contributed by atoms with Gasteiger partial charge in [-0.2, -0.15) is 0 Å². The monoisotopic (exact) mass is 255 g/mol. The van der Waals surface area contributed by atoms with Gasteiger partial charge < -0.3 is 10.6 Å². The summed E-state index contributed by atoms with van der Waals surface area (Å²) in [6.45, 7) is 4.12. The van der Waals surface area contributed by atoms with Crippen molar-refractivity contribution >= 4 is 23.1 Å². The van der Waals surface area contributed by atoms with Crippen LogP contribution >= 0.6 is 12.2 Å². The van der Waals surface area contributed by atoms with Gasteiger partial charge in [0.15, 0.2) is 0 Å². The summed E-state index contributed by atoms with van der Waals surface area (Å²) in [6, 6.07) is 0.561. The molecule has 0 aromatic heterocycles. The summed E-state index contributed by atoms with van der Waals surface area (Å²) in [5, 5.41) is 0. The number of likely N-dealkylation sites (tertiary alicyclic amines) is 2. The highest BCUT2D eigenvalue weighted by Gasteiger charge is 2.30. The van der Waals surface area contributed by atoms with E-state index in [4.69, 9.17) is 18.0 Å². The molecule has 0 saturated carbocycles. The van der Waals surface area contributed by atoms with Crippen LogP contribution in [0, 0.1) is 0 Å². The van der Waals surface area contributed by atoms with Gasteiger partial charge in [-0.3, -0.25) is 9.69 Å². The van der Waals surface area contributed by atoms with E-state index in [1.165, 1.54) is 32.4 Å². The second kappa shape index (κ2) is 5.78. The third kappa shape index (κ3) is 3.39. The number of rotatable bonds is 3. The third-order valence-electron chi connectivity index (χ3n) is 3.75. The van der Waals surface area contributed by atoms with Crippen molar-refractivity contribution in [3.05, 3.63) is 0 Å². The average molecular weight is 255 g/mol.